The third kappa shape index (κ3) is 6.93. The summed E-state index contributed by atoms with van der Waals surface area (Å²) in [6.45, 7) is 13.3. The first-order valence-corrected chi connectivity index (χ1v) is 5.41. The third-order valence-corrected chi connectivity index (χ3v) is 2.07. The average molecular weight is 199 g/mol. The van der Waals surface area contributed by atoms with Gasteiger partial charge < -0.3 is 5.32 Å². The second-order valence-electron chi connectivity index (χ2n) is 6.17. The third-order valence-electron chi connectivity index (χ3n) is 2.07. The lowest BCUT2D eigenvalue weighted by Crippen LogP contribution is -2.35. The summed E-state index contributed by atoms with van der Waals surface area (Å²) in [5, 5.41) is 2.96. The predicted molar refractivity (Wildman–Crippen MR) is 61.2 cm³/mol. The van der Waals surface area contributed by atoms with Gasteiger partial charge in [0.1, 0.15) is 0 Å². The summed E-state index contributed by atoms with van der Waals surface area (Å²) in [5.41, 5.74) is 0.105. The molecule has 0 fully saturated rings. The molecular formula is C12H25NO. The van der Waals surface area contributed by atoms with Gasteiger partial charge in [0.25, 0.3) is 0 Å². The van der Waals surface area contributed by atoms with Crippen LogP contribution in [0, 0.1) is 10.8 Å². The van der Waals surface area contributed by atoms with Crippen LogP contribution in [0.1, 0.15) is 54.4 Å². The van der Waals surface area contributed by atoms with Gasteiger partial charge in [-0.1, -0.05) is 41.5 Å². The summed E-state index contributed by atoms with van der Waals surface area (Å²) >= 11 is 0. The second kappa shape index (κ2) is 4.81. The molecule has 0 atom stereocenters. The summed E-state index contributed by atoms with van der Waals surface area (Å²) in [5.74, 6) is 0.145. The lowest BCUT2D eigenvalue weighted by atomic mass is 9.90. The minimum atomic E-state index is -0.262. The first-order valence-electron chi connectivity index (χ1n) is 5.41. The number of amides is 1. The Morgan fingerprint density at radius 3 is 1.93 bits per heavy atom. The van der Waals surface area contributed by atoms with Gasteiger partial charge in [0.15, 0.2) is 0 Å². The Labute approximate surface area is 88.5 Å². The van der Waals surface area contributed by atoms with Gasteiger partial charge in [-0.05, 0) is 18.3 Å². The van der Waals surface area contributed by atoms with Crippen LogP contribution in [0.25, 0.3) is 0 Å². The molecule has 0 unspecified atom stereocenters. The van der Waals surface area contributed by atoms with Crippen molar-refractivity contribution in [2.75, 3.05) is 6.54 Å². The minimum absolute atomic E-state index is 0.145. The fourth-order valence-corrected chi connectivity index (χ4v) is 1.09. The largest absolute Gasteiger partial charge is 0.356 e. The molecule has 0 aromatic heterocycles. The first kappa shape index (κ1) is 13.5. The van der Waals surface area contributed by atoms with Crippen molar-refractivity contribution in [1.29, 1.82) is 0 Å². The van der Waals surface area contributed by atoms with Crippen molar-refractivity contribution < 1.29 is 4.79 Å². The molecule has 0 aliphatic carbocycles. The molecule has 0 aliphatic heterocycles. The van der Waals surface area contributed by atoms with Crippen molar-refractivity contribution in [2.24, 2.45) is 10.8 Å². The zero-order valence-electron chi connectivity index (χ0n) is 10.5. The number of carbonyl (C=O) groups excluding carboxylic acids is 1. The smallest absolute Gasteiger partial charge is 0.225 e. The Kier molecular flexibility index (Phi) is 4.63. The van der Waals surface area contributed by atoms with Gasteiger partial charge in [0.2, 0.25) is 5.91 Å². The van der Waals surface area contributed by atoms with Crippen molar-refractivity contribution in [2.45, 2.75) is 54.4 Å². The van der Waals surface area contributed by atoms with Gasteiger partial charge in [-0.2, -0.15) is 0 Å². The summed E-state index contributed by atoms with van der Waals surface area (Å²) in [6.07, 6.45) is 2.21. The molecule has 0 saturated heterocycles. The molecule has 2 nitrogen and oxygen atoms in total. The van der Waals surface area contributed by atoms with Gasteiger partial charge >= 0.3 is 0 Å². The highest BCUT2D eigenvalue weighted by molar-refractivity contribution is 5.81. The Balaban J connectivity index is 3.62. The number of nitrogens with one attached hydrogen (secondary N) is 1. The highest BCUT2D eigenvalue weighted by Gasteiger charge is 2.20. The SMILES string of the molecule is CC(C)(C)CCCNC(=O)C(C)(C)C. The van der Waals surface area contributed by atoms with E-state index in [0.717, 1.165) is 19.4 Å². The maximum atomic E-state index is 11.5. The van der Waals surface area contributed by atoms with Crippen molar-refractivity contribution >= 4 is 5.91 Å². The van der Waals surface area contributed by atoms with Crippen molar-refractivity contribution in [3.63, 3.8) is 0 Å². The summed E-state index contributed by atoms with van der Waals surface area (Å²) < 4.78 is 0. The van der Waals surface area contributed by atoms with E-state index >= 15 is 0 Å². The van der Waals surface area contributed by atoms with Crippen LogP contribution < -0.4 is 5.32 Å². The van der Waals surface area contributed by atoms with E-state index in [1.165, 1.54) is 0 Å². The highest BCUT2D eigenvalue weighted by Crippen LogP contribution is 2.20. The Morgan fingerprint density at radius 1 is 1.07 bits per heavy atom. The zero-order chi connectivity index (χ0) is 11.4. The fraction of sp³-hybridized carbons (Fsp3) is 0.917. The Bertz CT molecular complexity index is 183. The maximum absolute atomic E-state index is 11.5. The van der Waals surface area contributed by atoms with Gasteiger partial charge in [0, 0.05) is 12.0 Å². The van der Waals surface area contributed by atoms with Crippen molar-refractivity contribution in [3.05, 3.63) is 0 Å². The zero-order valence-corrected chi connectivity index (χ0v) is 10.5. The second-order valence-corrected chi connectivity index (χ2v) is 6.17. The summed E-state index contributed by atoms with van der Waals surface area (Å²) in [6, 6.07) is 0. The molecule has 0 saturated carbocycles. The molecule has 1 amide bonds. The van der Waals surface area contributed by atoms with Gasteiger partial charge in [-0.15, -0.1) is 0 Å². The van der Waals surface area contributed by atoms with Gasteiger partial charge in [-0.3, -0.25) is 4.79 Å². The molecular weight excluding hydrogens is 174 g/mol. The molecule has 0 radical (unpaired) electrons. The fourth-order valence-electron chi connectivity index (χ4n) is 1.09. The molecule has 0 aromatic carbocycles. The molecule has 84 valence electrons. The van der Waals surface area contributed by atoms with E-state index in [1.54, 1.807) is 0 Å². The Hall–Kier alpha value is -0.530. The lowest BCUT2D eigenvalue weighted by Gasteiger charge is -2.20. The summed E-state index contributed by atoms with van der Waals surface area (Å²) in [4.78, 5) is 11.5. The number of hydrogen-bond acceptors (Lipinski definition) is 1. The first-order chi connectivity index (χ1) is 6.13. The van der Waals surface area contributed by atoms with E-state index in [1.807, 2.05) is 20.8 Å². The van der Waals surface area contributed by atoms with Crippen LogP contribution in [0.4, 0.5) is 0 Å². The van der Waals surface area contributed by atoms with Crippen LogP contribution in [-0.4, -0.2) is 12.5 Å². The molecule has 0 heterocycles. The molecule has 0 spiro atoms. The topological polar surface area (TPSA) is 29.1 Å². The average Bonchev–Trinajstić information content (AvgIpc) is 1.93. The van der Waals surface area contributed by atoms with E-state index in [9.17, 15) is 4.79 Å². The predicted octanol–water partition coefficient (Wildman–Crippen LogP) is 2.98. The summed E-state index contributed by atoms with van der Waals surface area (Å²) in [7, 11) is 0. The maximum Gasteiger partial charge on any atom is 0.225 e. The van der Waals surface area contributed by atoms with Crippen LogP contribution in [0.2, 0.25) is 0 Å². The van der Waals surface area contributed by atoms with Gasteiger partial charge in [-0.25, -0.2) is 0 Å². The van der Waals surface area contributed by atoms with Crippen LogP contribution in [0.3, 0.4) is 0 Å². The van der Waals surface area contributed by atoms with Crippen molar-refractivity contribution in [1.82, 2.24) is 5.32 Å². The molecule has 1 N–H and O–H groups in total. The standard InChI is InChI=1S/C12H25NO/c1-11(2,3)8-7-9-13-10(14)12(4,5)6/h7-9H2,1-6H3,(H,13,14). The Morgan fingerprint density at radius 2 is 1.57 bits per heavy atom. The lowest BCUT2D eigenvalue weighted by molar-refractivity contribution is -0.128. The van der Waals surface area contributed by atoms with Crippen LogP contribution in [0.5, 0.6) is 0 Å². The molecule has 14 heavy (non-hydrogen) atoms. The molecule has 0 aliphatic rings. The minimum Gasteiger partial charge on any atom is -0.356 e. The van der Waals surface area contributed by atoms with E-state index in [-0.39, 0.29) is 11.3 Å². The molecule has 2 heteroatoms. The van der Waals surface area contributed by atoms with E-state index in [0.29, 0.717) is 5.41 Å². The number of rotatable bonds is 3. The quantitative estimate of drug-likeness (QED) is 0.696. The van der Waals surface area contributed by atoms with Crippen LogP contribution >= 0.6 is 0 Å². The molecule has 0 bridgehead atoms. The van der Waals surface area contributed by atoms with E-state index < -0.39 is 0 Å². The van der Waals surface area contributed by atoms with E-state index in [2.05, 4.69) is 26.1 Å². The molecule has 0 rings (SSSR count). The normalized spacial score (nSPS) is 12.7. The highest BCUT2D eigenvalue weighted by atomic mass is 16.2. The van der Waals surface area contributed by atoms with Gasteiger partial charge in [0.05, 0.1) is 0 Å². The number of carbonyl (C=O) groups is 1. The van der Waals surface area contributed by atoms with E-state index in [4.69, 9.17) is 0 Å². The van der Waals surface area contributed by atoms with Crippen molar-refractivity contribution in [3.8, 4) is 0 Å². The number of hydrogen-bond donors (Lipinski definition) is 1. The molecule has 0 aromatic rings. The van der Waals surface area contributed by atoms with Crippen LogP contribution in [0.15, 0.2) is 0 Å². The monoisotopic (exact) mass is 199 g/mol. The van der Waals surface area contributed by atoms with Crippen LogP contribution in [-0.2, 0) is 4.79 Å².